The van der Waals surface area contributed by atoms with Crippen LogP contribution in [0.25, 0.3) is 0 Å². The van der Waals surface area contributed by atoms with Gasteiger partial charge >= 0.3 is 0 Å². The van der Waals surface area contributed by atoms with Crippen LogP contribution in [0.5, 0.6) is 0 Å². The van der Waals surface area contributed by atoms with E-state index in [-0.39, 0.29) is 0 Å². The number of benzene rings is 1. The van der Waals surface area contributed by atoms with E-state index in [0.717, 1.165) is 23.7 Å². The lowest BCUT2D eigenvalue weighted by atomic mass is 9.90. The summed E-state index contributed by atoms with van der Waals surface area (Å²) >= 11 is 4.99. The molecule has 0 spiro atoms. The summed E-state index contributed by atoms with van der Waals surface area (Å²) < 4.78 is 2.66. The van der Waals surface area contributed by atoms with Gasteiger partial charge in [0.05, 0.1) is 0 Å². The zero-order chi connectivity index (χ0) is 24.5. The molecule has 1 aromatic carbocycles. The Labute approximate surface area is 234 Å². The molecule has 0 aliphatic heterocycles. The third kappa shape index (κ3) is 14.0. The highest BCUT2D eigenvalue weighted by Gasteiger charge is 2.18. The van der Waals surface area contributed by atoms with Crippen molar-refractivity contribution in [3.63, 3.8) is 0 Å². The zero-order valence-electron chi connectivity index (χ0n) is 22.4. The quantitative estimate of drug-likeness (QED) is 0.0752. The number of hydrogen-bond donors (Lipinski definition) is 0. The third-order valence-electron chi connectivity index (χ3n) is 7.69. The Balaban J connectivity index is 2.61. The van der Waals surface area contributed by atoms with Crippen LogP contribution in [0, 0.1) is 27.2 Å². The molecule has 1 rings (SSSR count). The first-order valence-electron chi connectivity index (χ1n) is 14.0. The van der Waals surface area contributed by atoms with Crippen molar-refractivity contribution in [2.24, 2.45) is 23.7 Å². The molecule has 3 heteroatoms. The summed E-state index contributed by atoms with van der Waals surface area (Å²) in [5.41, 5.74) is 1.43. The molecule has 4 atom stereocenters. The van der Waals surface area contributed by atoms with Gasteiger partial charge in [-0.3, -0.25) is 0 Å². The van der Waals surface area contributed by atoms with Crippen molar-refractivity contribution in [1.29, 1.82) is 0 Å². The van der Waals surface area contributed by atoms with Gasteiger partial charge in [-0.1, -0.05) is 115 Å². The molecular weight excluding hydrogens is 628 g/mol. The summed E-state index contributed by atoms with van der Waals surface area (Å²) in [4.78, 5) is 2.73. The molecule has 0 saturated heterocycles. The van der Waals surface area contributed by atoms with E-state index in [1.807, 2.05) is 0 Å². The second-order valence-electron chi connectivity index (χ2n) is 10.5. The van der Waals surface area contributed by atoms with E-state index in [9.17, 15) is 0 Å². The van der Waals surface area contributed by atoms with Crippen molar-refractivity contribution in [2.45, 2.75) is 112 Å². The molecule has 33 heavy (non-hydrogen) atoms. The molecule has 4 unspecified atom stereocenters. The predicted octanol–water partition coefficient (Wildman–Crippen LogP) is 10.8. The van der Waals surface area contributed by atoms with Gasteiger partial charge in [0, 0.05) is 26.8 Å². The molecular formula is C30H53I2N. The molecule has 0 N–H and O–H groups in total. The van der Waals surface area contributed by atoms with Gasteiger partial charge < -0.3 is 4.90 Å². The zero-order valence-corrected chi connectivity index (χ0v) is 26.7. The third-order valence-corrected chi connectivity index (χ3v) is 9.66. The Morgan fingerprint density at radius 1 is 0.697 bits per heavy atom. The number of nitrogens with zero attached hydrogens (tertiary/aromatic N) is 1. The standard InChI is InChI=1S/C30H53I2N/c1-6-10-14-27(8-3)23-33(30-20-18-29(32)19-21-30)24-28(9-4)17-16-25(5)13-11-12-15-26(7-2)22-31/h18-21,25-28H,6-17,22-24H2,1-5H3. The molecule has 0 saturated carbocycles. The van der Waals surface area contributed by atoms with Gasteiger partial charge in [-0.25, -0.2) is 0 Å². The van der Waals surface area contributed by atoms with Crippen molar-refractivity contribution >= 4 is 50.9 Å². The number of halogens is 2. The van der Waals surface area contributed by atoms with E-state index < -0.39 is 0 Å². The van der Waals surface area contributed by atoms with E-state index in [0.29, 0.717) is 0 Å². The van der Waals surface area contributed by atoms with Crippen LogP contribution in [0.2, 0.25) is 0 Å². The smallest absolute Gasteiger partial charge is 0.0367 e. The molecule has 0 aliphatic rings. The SMILES string of the molecule is CCCCC(CC)CN(CC(CC)CCC(C)CCCCC(CC)CI)c1ccc(I)cc1. The maximum absolute atomic E-state index is 2.73. The van der Waals surface area contributed by atoms with Crippen molar-refractivity contribution in [3.05, 3.63) is 27.8 Å². The fourth-order valence-corrected chi connectivity index (χ4v) is 6.31. The Hall–Kier alpha value is 0.480. The molecule has 1 nitrogen and oxygen atoms in total. The molecule has 1 aromatic rings. The van der Waals surface area contributed by atoms with Gasteiger partial charge in [-0.05, 0) is 89.8 Å². The number of rotatable bonds is 20. The Morgan fingerprint density at radius 3 is 1.79 bits per heavy atom. The predicted molar refractivity (Wildman–Crippen MR) is 168 cm³/mol. The van der Waals surface area contributed by atoms with Gasteiger partial charge in [0.1, 0.15) is 0 Å². The van der Waals surface area contributed by atoms with Gasteiger partial charge in [0.15, 0.2) is 0 Å². The number of hydrogen-bond acceptors (Lipinski definition) is 1. The molecule has 0 bridgehead atoms. The minimum atomic E-state index is 0.805. The minimum Gasteiger partial charge on any atom is -0.371 e. The lowest BCUT2D eigenvalue weighted by Gasteiger charge is -2.33. The topological polar surface area (TPSA) is 3.24 Å². The maximum atomic E-state index is 2.73. The second kappa shape index (κ2) is 19.6. The molecule has 0 aromatic heterocycles. The van der Waals surface area contributed by atoms with Crippen LogP contribution >= 0.6 is 45.2 Å². The number of alkyl halides is 1. The number of anilines is 1. The highest BCUT2D eigenvalue weighted by atomic mass is 127. The van der Waals surface area contributed by atoms with Crippen molar-refractivity contribution in [3.8, 4) is 0 Å². The average Bonchev–Trinajstić information content (AvgIpc) is 2.83. The summed E-state index contributed by atoms with van der Waals surface area (Å²) in [6, 6.07) is 9.26. The van der Waals surface area contributed by atoms with E-state index in [1.165, 1.54) is 104 Å². The van der Waals surface area contributed by atoms with Gasteiger partial charge in [0.2, 0.25) is 0 Å². The van der Waals surface area contributed by atoms with Crippen LogP contribution in [0.15, 0.2) is 24.3 Å². The Kier molecular flexibility index (Phi) is 18.8. The van der Waals surface area contributed by atoms with Crippen LogP contribution in [-0.2, 0) is 0 Å². The first-order valence-corrected chi connectivity index (χ1v) is 16.6. The largest absolute Gasteiger partial charge is 0.371 e. The van der Waals surface area contributed by atoms with Crippen LogP contribution < -0.4 is 4.90 Å². The Bertz CT molecular complexity index is 569. The van der Waals surface area contributed by atoms with E-state index in [2.05, 4.69) is 109 Å². The molecule has 192 valence electrons. The summed E-state index contributed by atoms with van der Waals surface area (Å²) in [5, 5.41) is 0. The van der Waals surface area contributed by atoms with Gasteiger partial charge in [-0.2, -0.15) is 0 Å². The summed E-state index contributed by atoms with van der Waals surface area (Å²) in [6.45, 7) is 14.4. The minimum absolute atomic E-state index is 0.805. The molecule has 0 heterocycles. The van der Waals surface area contributed by atoms with Crippen LogP contribution in [-0.4, -0.2) is 17.5 Å². The van der Waals surface area contributed by atoms with Crippen LogP contribution in [0.3, 0.4) is 0 Å². The monoisotopic (exact) mass is 681 g/mol. The van der Waals surface area contributed by atoms with E-state index in [4.69, 9.17) is 0 Å². The summed E-state index contributed by atoms with van der Waals surface area (Å²) in [6.07, 6.45) is 16.5. The van der Waals surface area contributed by atoms with Crippen molar-refractivity contribution in [1.82, 2.24) is 0 Å². The number of unbranched alkanes of at least 4 members (excludes halogenated alkanes) is 2. The average molecular weight is 682 g/mol. The first kappa shape index (κ1) is 31.5. The summed E-state index contributed by atoms with van der Waals surface area (Å²) in [5.74, 6) is 3.44. The second-order valence-corrected chi connectivity index (χ2v) is 12.6. The molecule has 0 amide bonds. The van der Waals surface area contributed by atoms with E-state index in [1.54, 1.807) is 0 Å². The lowest BCUT2D eigenvalue weighted by Crippen LogP contribution is -2.34. The Morgan fingerprint density at radius 2 is 1.24 bits per heavy atom. The maximum Gasteiger partial charge on any atom is 0.0367 e. The van der Waals surface area contributed by atoms with Crippen molar-refractivity contribution in [2.75, 3.05) is 22.4 Å². The highest BCUT2D eigenvalue weighted by Crippen LogP contribution is 2.27. The van der Waals surface area contributed by atoms with Crippen LogP contribution in [0.4, 0.5) is 5.69 Å². The normalized spacial score (nSPS) is 15.2. The van der Waals surface area contributed by atoms with Gasteiger partial charge in [-0.15, -0.1) is 0 Å². The van der Waals surface area contributed by atoms with Crippen LogP contribution in [0.1, 0.15) is 112 Å². The highest BCUT2D eigenvalue weighted by molar-refractivity contribution is 14.1. The first-order chi connectivity index (χ1) is 16.0. The summed E-state index contributed by atoms with van der Waals surface area (Å²) in [7, 11) is 0. The fraction of sp³-hybridized carbons (Fsp3) is 0.800. The fourth-order valence-electron chi connectivity index (χ4n) is 4.88. The van der Waals surface area contributed by atoms with Crippen molar-refractivity contribution < 1.29 is 0 Å². The van der Waals surface area contributed by atoms with Gasteiger partial charge in [0.25, 0.3) is 0 Å². The molecule has 0 fully saturated rings. The lowest BCUT2D eigenvalue weighted by molar-refractivity contribution is 0.362. The van der Waals surface area contributed by atoms with E-state index >= 15 is 0 Å². The molecule has 0 radical (unpaired) electrons. The molecule has 0 aliphatic carbocycles.